The summed E-state index contributed by atoms with van der Waals surface area (Å²) in [6.07, 6.45) is 0. The van der Waals surface area contributed by atoms with Gasteiger partial charge in [0.15, 0.2) is 29.1 Å². The summed E-state index contributed by atoms with van der Waals surface area (Å²) in [7, 11) is -17.3. The molecule has 5 heterocycles. The van der Waals surface area contributed by atoms with Crippen molar-refractivity contribution in [2.75, 3.05) is 0 Å². The number of hydrogen-bond donors (Lipinski definition) is 10. The maximum Gasteiger partial charge on any atom is 1.00 e. The van der Waals surface area contributed by atoms with E-state index in [2.05, 4.69) is 34.9 Å². The molecule has 4 aromatic carbocycles. The molecule has 0 aliphatic carbocycles. The summed E-state index contributed by atoms with van der Waals surface area (Å²) >= 11 is 0. The van der Waals surface area contributed by atoms with Gasteiger partial charge in [-0.25, -0.2) is 42.9 Å². The first-order chi connectivity index (χ1) is 26.2. The van der Waals surface area contributed by atoms with Gasteiger partial charge in [0.25, 0.3) is 0 Å². The molecule has 8 bridgehead atoms. The molecule has 0 saturated heterocycles. The van der Waals surface area contributed by atoms with Crippen LogP contribution in [0.1, 0.15) is 0 Å². The van der Waals surface area contributed by atoms with Crippen LogP contribution in [0, 0.1) is 4.61 Å². The molecule has 58 heavy (non-hydrogen) atoms. The number of benzene rings is 4. The Morgan fingerprint density at radius 1 is 0.534 bits per heavy atom. The Labute approximate surface area is 339 Å². The molecule has 0 saturated carbocycles. The van der Waals surface area contributed by atoms with Crippen molar-refractivity contribution in [2.24, 2.45) is 0 Å². The van der Waals surface area contributed by atoms with Crippen molar-refractivity contribution in [2.45, 2.75) is 19.6 Å². The molecule has 0 amide bonds. The van der Waals surface area contributed by atoms with Gasteiger partial charge < -0.3 is 29.8 Å². The average Bonchev–Trinajstić information content (AvgIpc) is 3.84. The van der Waals surface area contributed by atoms with Gasteiger partial charge in [-0.2, -0.15) is 0 Å². The predicted octanol–water partition coefficient (Wildman–Crippen LogP) is 3.76. The summed E-state index contributed by atoms with van der Waals surface area (Å²) in [4.78, 5) is 32.8. The van der Waals surface area contributed by atoms with Gasteiger partial charge in [-0.3, -0.25) is 18.2 Å². The maximum atomic E-state index is 12.3. The molecule has 0 radical (unpaired) electrons. The number of hydrogen-bond acceptors (Lipinski definition) is 17. The number of nitrogens with zero attached hydrogens (tertiary/aromatic N) is 7. The fourth-order valence-electron chi connectivity index (χ4n) is 6.39. The largest absolute Gasteiger partial charge is 1.00 e. The first-order valence-electron chi connectivity index (χ1n) is 15.6. The van der Waals surface area contributed by atoms with E-state index in [-0.39, 0.29) is 112 Å². The van der Waals surface area contributed by atoms with Crippen LogP contribution in [0.25, 0.3) is 90.4 Å². The maximum absolute atomic E-state index is 12.3. The van der Waals surface area contributed by atoms with Gasteiger partial charge in [-0.1, -0.05) is 9.22 Å². The smallest absolute Gasteiger partial charge is 0.761 e. The Morgan fingerprint density at radius 2 is 0.966 bits per heavy atom. The van der Waals surface area contributed by atoms with Crippen molar-refractivity contribution in [1.29, 1.82) is 4.61 Å². The zero-order valence-electron chi connectivity index (χ0n) is 28.6. The Morgan fingerprint density at radius 3 is 1.53 bits per heavy atom. The minimum atomic E-state index is -4.96. The van der Waals surface area contributed by atoms with Crippen molar-refractivity contribution < 1.29 is 66.6 Å². The first-order valence-corrected chi connectivity index (χ1v) is 21.6. The minimum absolute atomic E-state index is 0. The van der Waals surface area contributed by atoms with Crippen LogP contribution in [0.2, 0.25) is 0 Å². The second kappa shape index (κ2) is 13.6. The average molecular weight is 912 g/mol. The third kappa shape index (κ3) is 6.86. The van der Waals surface area contributed by atoms with Crippen LogP contribution in [0.15, 0.2) is 92.4 Å². The van der Waals surface area contributed by atoms with Crippen molar-refractivity contribution in [3.8, 4) is 68.3 Å². The van der Waals surface area contributed by atoms with E-state index in [1.165, 1.54) is 60.7 Å². The van der Waals surface area contributed by atoms with Gasteiger partial charge in [0.05, 0.1) is 4.90 Å². The van der Waals surface area contributed by atoms with Crippen LogP contribution in [0.5, 0.6) is 0 Å². The first kappa shape index (κ1) is 40.8. The number of fused-ring (bicyclic) bond motifs is 20. The molecule has 3 aliphatic rings. The van der Waals surface area contributed by atoms with Crippen LogP contribution in [0.4, 0.5) is 0 Å². The van der Waals surface area contributed by atoms with Gasteiger partial charge in [-0.15, -0.1) is 0 Å². The van der Waals surface area contributed by atoms with E-state index in [1.807, 2.05) is 0 Å². The Hall–Kier alpha value is -5.43. The number of rotatable bonds is 1. The van der Waals surface area contributed by atoms with E-state index in [0.29, 0.717) is 16.3 Å². The second-order valence-electron chi connectivity index (χ2n) is 12.5. The van der Waals surface area contributed by atoms with Crippen molar-refractivity contribution in [3.63, 3.8) is 0 Å². The van der Waals surface area contributed by atoms with Crippen molar-refractivity contribution >= 4 is 62.8 Å². The minimum Gasteiger partial charge on any atom is -0.761 e. The zero-order chi connectivity index (χ0) is 39.7. The van der Waals surface area contributed by atoms with Crippen molar-refractivity contribution in [1.82, 2.24) is 46.0 Å². The van der Waals surface area contributed by atoms with E-state index in [0.717, 1.165) is 12.1 Å². The monoisotopic (exact) mass is 911 g/mol. The predicted molar refractivity (Wildman–Crippen MR) is 202 cm³/mol. The summed E-state index contributed by atoms with van der Waals surface area (Å²) < 4.78 is 125. The van der Waals surface area contributed by atoms with Gasteiger partial charge in [-0.05, 0) is 72.8 Å². The molecule has 9 rings (SSSR count). The third-order valence-corrected chi connectivity index (χ3v) is 12.5. The Bertz CT molecular complexity index is 3500. The number of aromatic amines is 2. The van der Waals surface area contributed by atoms with E-state index < -0.39 is 45.7 Å². The standard InChI is InChI=1S/C32H20N11O9S4.Cu.H3N/c33-53(44,45)13-1-5-17-21(9-13)29-36-25(17)38-30-23-11-15(55(35,48)49)3-7-19(23)27(40-30)42-32-24-12-16(56(50,51)52)4-8-20(24)28(43-32)41-31-22-10-14(54(34,46)47)2-6-18(22)26(37-29)39-31;;/h1-12H,(H8-,36,37,38,39,40,41,42,43,44,45,46,47,48,49,50,51,52);;1H3/q-1;+1;/p+1. The molecular weight excluding hydrogens is 888 g/mol. The Balaban J connectivity index is 0.00000256. The number of H-pyrrole nitrogens is 2. The molecule has 1 atom stereocenters. The SMILES string of the molecule is N.N#S([O-])(O)c1ccc2c(c1)-c1nc-2nc2nc(nc3nc([nH]c4[nH]c(n1)c1ccc(S(#[NH+])(O)O)cc41)-c1ccc(S(#[NH+])(O)O)cc1-3)-c1ccc(S(=O)(=O)[O-])cc1-2.[Cu+]. The van der Waals surface area contributed by atoms with Gasteiger partial charge in [0, 0.05) is 59.3 Å². The fraction of sp³-hybridized carbons (Fsp3) is 0. The number of aromatic nitrogens is 8. The number of nitrogens with one attached hydrogen (secondary N) is 4. The van der Waals surface area contributed by atoms with Gasteiger partial charge in [0.1, 0.15) is 37.0 Å². The van der Waals surface area contributed by atoms with Crippen LogP contribution in [0.3, 0.4) is 0 Å². The second-order valence-corrected chi connectivity index (χ2v) is 18.5. The quantitative estimate of drug-likeness (QED) is 0.0827. The topological polar surface area (TPSA) is 397 Å². The molecule has 1 unspecified atom stereocenters. The molecule has 2 aromatic heterocycles. The molecule has 0 fully saturated rings. The molecule has 21 nitrogen and oxygen atoms in total. The summed E-state index contributed by atoms with van der Waals surface area (Å²) in [5.74, 6) is -0.270. The molecule has 26 heteroatoms. The summed E-state index contributed by atoms with van der Waals surface area (Å²) in [6, 6.07) is 15.4. The molecule has 0 spiro atoms. The van der Waals surface area contributed by atoms with Crippen LogP contribution in [-0.4, -0.2) is 80.2 Å². The van der Waals surface area contributed by atoms with Crippen LogP contribution >= 0.6 is 30.7 Å². The van der Waals surface area contributed by atoms with Gasteiger partial charge >= 0.3 is 37.5 Å². The Kier molecular flexibility index (Phi) is 9.54. The van der Waals surface area contributed by atoms with Gasteiger partial charge in [0.2, 0.25) is 0 Å². The molecule has 12 N–H and O–H groups in total. The summed E-state index contributed by atoms with van der Waals surface area (Å²) in [6.45, 7) is 0. The van der Waals surface area contributed by atoms with Crippen molar-refractivity contribution in [3.05, 3.63) is 72.8 Å². The molecule has 6 aromatic rings. The summed E-state index contributed by atoms with van der Waals surface area (Å²) in [5.41, 5.74) is 1.55. The van der Waals surface area contributed by atoms with Crippen LogP contribution in [-0.2, 0) is 27.2 Å². The molecule has 300 valence electrons. The zero-order valence-corrected chi connectivity index (χ0v) is 32.8. The summed E-state index contributed by atoms with van der Waals surface area (Å²) in [5, 5.41) is 0.672. The van der Waals surface area contributed by atoms with E-state index in [4.69, 9.17) is 14.2 Å². The van der Waals surface area contributed by atoms with E-state index >= 15 is 0 Å². The third-order valence-electron chi connectivity index (χ3n) is 8.97. The fourth-order valence-corrected chi connectivity index (χ4v) is 8.48. The molecular formula is C32H24CuN12O9S4+. The molecule has 3 aliphatic heterocycles. The van der Waals surface area contributed by atoms with Crippen LogP contribution < -0.4 is 15.4 Å². The normalized spacial score (nSPS) is 13.6. The van der Waals surface area contributed by atoms with E-state index in [9.17, 15) is 44.9 Å². The van der Waals surface area contributed by atoms with E-state index in [1.54, 1.807) is 0 Å².